The minimum Gasteiger partial charge on any atom is -0.325 e. The van der Waals surface area contributed by atoms with E-state index in [0.29, 0.717) is 12.5 Å². The van der Waals surface area contributed by atoms with Crippen molar-refractivity contribution in [2.75, 3.05) is 30.3 Å². The van der Waals surface area contributed by atoms with E-state index >= 15 is 0 Å². The lowest BCUT2D eigenvalue weighted by molar-refractivity contribution is -0.117. The van der Waals surface area contributed by atoms with Crippen molar-refractivity contribution in [1.82, 2.24) is 14.9 Å². The second-order valence-corrected chi connectivity index (χ2v) is 7.73. The Morgan fingerprint density at radius 1 is 1.00 bits per heavy atom. The number of aromatic nitrogens is 2. The predicted molar refractivity (Wildman–Crippen MR) is 120 cm³/mol. The van der Waals surface area contributed by atoms with E-state index in [1.54, 1.807) is 6.20 Å². The molecule has 1 aliphatic heterocycles. The molecule has 1 fully saturated rings. The van der Waals surface area contributed by atoms with E-state index in [4.69, 9.17) is 0 Å². The second kappa shape index (κ2) is 9.50. The van der Waals surface area contributed by atoms with Gasteiger partial charge in [-0.15, -0.1) is 0 Å². The summed E-state index contributed by atoms with van der Waals surface area (Å²) in [6.45, 7) is 4.27. The lowest BCUT2D eigenvalue weighted by Crippen LogP contribution is -2.38. The molecule has 30 heavy (non-hydrogen) atoms. The van der Waals surface area contributed by atoms with Gasteiger partial charge in [0.1, 0.15) is 11.6 Å². The number of benzene rings is 1. The van der Waals surface area contributed by atoms with Gasteiger partial charge in [0.25, 0.3) is 0 Å². The topological polar surface area (TPSA) is 70.2 Å². The van der Waals surface area contributed by atoms with Crippen molar-refractivity contribution in [3.8, 4) is 0 Å². The standard InChI is InChI=1S/C24H27N5O/c1-18-6-2-3-7-21(18)27-24(30)17-29-14-10-19(11-15-29)20-9-13-26-23(16-20)28-22-8-4-5-12-25-22/h2-9,12-13,16,19H,10-11,14-15,17H2,1H3,(H,27,30)(H,25,26,28). The average molecular weight is 402 g/mol. The molecule has 1 amide bonds. The molecule has 1 aromatic carbocycles. The maximum absolute atomic E-state index is 12.4. The van der Waals surface area contributed by atoms with Crippen molar-refractivity contribution in [3.05, 3.63) is 78.1 Å². The zero-order chi connectivity index (χ0) is 20.8. The van der Waals surface area contributed by atoms with Crippen LogP contribution in [0.25, 0.3) is 0 Å². The van der Waals surface area contributed by atoms with Crippen molar-refractivity contribution in [1.29, 1.82) is 0 Å². The zero-order valence-electron chi connectivity index (χ0n) is 17.2. The fourth-order valence-corrected chi connectivity index (χ4v) is 3.87. The van der Waals surface area contributed by atoms with E-state index in [2.05, 4.69) is 37.6 Å². The Bertz CT molecular complexity index is 984. The molecule has 0 bridgehead atoms. The Labute approximate surface area is 177 Å². The number of aryl methyl sites for hydroxylation is 1. The number of likely N-dealkylation sites (tertiary alicyclic amines) is 1. The number of amides is 1. The largest absolute Gasteiger partial charge is 0.325 e. The van der Waals surface area contributed by atoms with Gasteiger partial charge in [0.05, 0.1) is 6.54 Å². The lowest BCUT2D eigenvalue weighted by Gasteiger charge is -2.31. The molecule has 6 heteroatoms. The van der Waals surface area contributed by atoms with Crippen LogP contribution in [0.5, 0.6) is 0 Å². The third-order valence-electron chi connectivity index (χ3n) is 5.55. The number of para-hydroxylation sites is 1. The molecule has 1 aliphatic rings. The Morgan fingerprint density at radius 2 is 1.77 bits per heavy atom. The summed E-state index contributed by atoms with van der Waals surface area (Å²) in [6, 6.07) is 17.8. The molecule has 0 unspecified atom stereocenters. The molecular formula is C24H27N5O. The normalized spacial score (nSPS) is 15.0. The Balaban J connectivity index is 1.30. The minimum absolute atomic E-state index is 0.0495. The number of carbonyl (C=O) groups is 1. The van der Waals surface area contributed by atoms with Gasteiger partial charge in [0.15, 0.2) is 0 Å². The third-order valence-corrected chi connectivity index (χ3v) is 5.55. The summed E-state index contributed by atoms with van der Waals surface area (Å²) in [7, 11) is 0. The molecule has 0 atom stereocenters. The van der Waals surface area contributed by atoms with E-state index in [1.165, 1.54) is 5.56 Å². The van der Waals surface area contributed by atoms with E-state index in [0.717, 1.165) is 48.8 Å². The van der Waals surface area contributed by atoms with Crippen LogP contribution in [0.1, 0.15) is 29.9 Å². The second-order valence-electron chi connectivity index (χ2n) is 7.73. The fourth-order valence-electron chi connectivity index (χ4n) is 3.87. The van der Waals surface area contributed by atoms with E-state index in [-0.39, 0.29) is 5.91 Å². The minimum atomic E-state index is 0.0495. The molecule has 0 radical (unpaired) electrons. The van der Waals surface area contributed by atoms with Crippen molar-refractivity contribution in [2.45, 2.75) is 25.7 Å². The van der Waals surface area contributed by atoms with Crippen LogP contribution in [0.4, 0.5) is 17.3 Å². The van der Waals surface area contributed by atoms with Gasteiger partial charge in [-0.2, -0.15) is 0 Å². The number of hydrogen-bond donors (Lipinski definition) is 2. The SMILES string of the molecule is Cc1ccccc1NC(=O)CN1CCC(c2ccnc(Nc3ccccn3)c2)CC1. The molecule has 2 aromatic heterocycles. The molecule has 1 saturated heterocycles. The highest BCUT2D eigenvalue weighted by molar-refractivity contribution is 5.92. The highest BCUT2D eigenvalue weighted by Crippen LogP contribution is 2.29. The molecule has 0 spiro atoms. The van der Waals surface area contributed by atoms with Crippen molar-refractivity contribution in [2.24, 2.45) is 0 Å². The molecule has 154 valence electrons. The van der Waals surface area contributed by atoms with E-state index in [9.17, 15) is 4.79 Å². The summed E-state index contributed by atoms with van der Waals surface area (Å²) in [5.74, 6) is 2.13. The maximum Gasteiger partial charge on any atom is 0.238 e. The van der Waals surface area contributed by atoms with Crippen LogP contribution in [0.3, 0.4) is 0 Å². The van der Waals surface area contributed by atoms with Crippen LogP contribution in [-0.4, -0.2) is 40.4 Å². The number of rotatable bonds is 6. The van der Waals surface area contributed by atoms with Gasteiger partial charge in [0.2, 0.25) is 5.91 Å². The first-order valence-corrected chi connectivity index (χ1v) is 10.4. The first kappa shape index (κ1) is 20.0. The van der Waals surface area contributed by atoms with Crippen LogP contribution in [0.2, 0.25) is 0 Å². The number of pyridine rings is 2. The number of nitrogens with zero attached hydrogens (tertiary/aromatic N) is 3. The monoisotopic (exact) mass is 401 g/mol. The van der Waals surface area contributed by atoms with Gasteiger partial charge < -0.3 is 10.6 Å². The maximum atomic E-state index is 12.4. The molecule has 3 aromatic rings. The smallest absolute Gasteiger partial charge is 0.238 e. The summed E-state index contributed by atoms with van der Waals surface area (Å²) >= 11 is 0. The highest BCUT2D eigenvalue weighted by Gasteiger charge is 2.22. The van der Waals surface area contributed by atoms with Gasteiger partial charge in [0, 0.05) is 18.1 Å². The van der Waals surface area contributed by atoms with Crippen LogP contribution in [0.15, 0.2) is 67.0 Å². The summed E-state index contributed by atoms with van der Waals surface area (Å²) in [4.78, 5) is 23.4. The highest BCUT2D eigenvalue weighted by atomic mass is 16.2. The quantitative estimate of drug-likeness (QED) is 0.643. The van der Waals surface area contributed by atoms with Gasteiger partial charge in [-0.25, -0.2) is 9.97 Å². The number of carbonyl (C=O) groups excluding carboxylic acids is 1. The Hall–Kier alpha value is -3.25. The average Bonchev–Trinajstić information content (AvgIpc) is 2.77. The third kappa shape index (κ3) is 5.21. The predicted octanol–water partition coefficient (Wildman–Crippen LogP) is 4.35. The number of anilines is 3. The van der Waals surface area contributed by atoms with Crippen LogP contribution < -0.4 is 10.6 Å². The van der Waals surface area contributed by atoms with Crippen molar-refractivity contribution < 1.29 is 4.79 Å². The van der Waals surface area contributed by atoms with Crippen molar-refractivity contribution in [3.63, 3.8) is 0 Å². The van der Waals surface area contributed by atoms with Gasteiger partial charge in [-0.3, -0.25) is 9.69 Å². The summed E-state index contributed by atoms with van der Waals surface area (Å²) in [5, 5.41) is 6.29. The Morgan fingerprint density at radius 3 is 2.53 bits per heavy atom. The number of hydrogen-bond acceptors (Lipinski definition) is 5. The summed E-state index contributed by atoms with van der Waals surface area (Å²) in [6.07, 6.45) is 5.68. The number of piperidine rings is 1. The molecule has 0 saturated carbocycles. The fraction of sp³-hybridized carbons (Fsp3) is 0.292. The van der Waals surface area contributed by atoms with E-state index < -0.39 is 0 Å². The molecule has 6 nitrogen and oxygen atoms in total. The van der Waals surface area contributed by atoms with Crippen LogP contribution in [0, 0.1) is 6.92 Å². The van der Waals surface area contributed by atoms with Crippen LogP contribution in [-0.2, 0) is 4.79 Å². The molecule has 4 rings (SSSR count). The van der Waals surface area contributed by atoms with Gasteiger partial charge in [-0.1, -0.05) is 24.3 Å². The van der Waals surface area contributed by atoms with Crippen LogP contribution >= 0.6 is 0 Å². The lowest BCUT2D eigenvalue weighted by atomic mass is 9.90. The number of nitrogens with one attached hydrogen (secondary N) is 2. The van der Waals surface area contributed by atoms with E-state index in [1.807, 2.05) is 55.6 Å². The Kier molecular flexibility index (Phi) is 6.35. The molecule has 3 heterocycles. The van der Waals surface area contributed by atoms with Gasteiger partial charge >= 0.3 is 0 Å². The molecular weight excluding hydrogens is 374 g/mol. The van der Waals surface area contributed by atoms with Gasteiger partial charge in [-0.05, 0) is 80.2 Å². The zero-order valence-corrected chi connectivity index (χ0v) is 17.2. The summed E-state index contributed by atoms with van der Waals surface area (Å²) < 4.78 is 0. The summed E-state index contributed by atoms with van der Waals surface area (Å²) in [5.41, 5.74) is 3.26. The first-order chi connectivity index (χ1) is 14.7. The molecule has 0 aliphatic carbocycles. The molecule has 2 N–H and O–H groups in total. The first-order valence-electron chi connectivity index (χ1n) is 10.4. The van der Waals surface area contributed by atoms with Crippen molar-refractivity contribution >= 4 is 23.2 Å².